The van der Waals surface area contributed by atoms with Crippen molar-refractivity contribution in [2.45, 2.75) is 13.5 Å². The molecule has 0 saturated heterocycles. The monoisotopic (exact) mass is 273 g/mol. The summed E-state index contributed by atoms with van der Waals surface area (Å²) in [5.74, 6) is 0.831. The standard InChI is InChI=1S/C15H19N3S/c1-3-9-17-15(16-4-2)18-10-12-11-19-14-8-6-5-7-13(12)14/h3,5-8,11H,1,4,9-10H2,2H3,(H2,16,17,18). The number of rotatable bonds is 5. The number of thiophene rings is 1. The summed E-state index contributed by atoms with van der Waals surface area (Å²) in [7, 11) is 0. The van der Waals surface area contributed by atoms with Crippen molar-refractivity contribution in [3.63, 3.8) is 0 Å². The van der Waals surface area contributed by atoms with Crippen LogP contribution in [0.2, 0.25) is 0 Å². The lowest BCUT2D eigenvalue weighted by atomic mass is 10.2. The second-order valence-electron chi connectivity index (χ2n) is 4.12. The molecule has 100 valence electrons. The summed E-state index contributed by atoms with van der Waals surface area (Å²) >= 11 is 1.77. The molecule has 2 N–H and O–H groups in total. The molecule has 1 aromatic carbocycles. The molecule has 3 nitrogen and oxygen atoms in total. The Morgan fingerprint density at radius 2 is 2.21 bits per heavy atom. The van der Waals surface area contributed by atoms with Gasteiger partial charge in [-0.15, -0.1) is 17.9 Å². The van der Waals surface area contributed by atoms with Crippen LogP contribution >= 0.6 is 11.3 Å². The van der Waals surface area contributed by atoms with Crippen LogP contribution in [0.5, 0.6) is 0 Å². The lowest BCUT2D eigenvalue weighted by molar-refractivity contribution is 0.862. The molecule has 4 heteroatoms. The summed E-state index contributed by atoms with van der Waals surface area (Å²) in [5.41, 5.74) is 1.27. The molecule has 0 atom stereocenters. The zero-order valence-corrected chi connectivity index (χ0v) is 12.0. The van der Waals surface area contributed by atoms with Crippen molar-refractivity contribution in [2.75, 3.05) is 13.1 Å². The third-order valence-corrected chi connectivity index (χ3v) is 3.74. The van der Waals surface area contributed by atoms with Gasteiger partial charge in [-0.1, -0.05) is 24.3 Å². The van der Waals surface area contributed by atoms with Crippen LogP contribution in [0.1, 0.15) is 12.5 Å². The minimum atomic E-state index is 0.691. The minimum absolute atomic E-state index is 0.691. The fourth-order valence-corrected chi connectivity index (χ4v) is 2.78. The quantitative estimate of drug-likeness (QED) is 0.499. The molecule has 19 heavy (non-hydrogen) atoms. The topological polar surface area (TPSA) is 36.4 Å². The molecule has 0 amide bonds. The van der Waals surface area contributed by atoms with Gasteiger partial charge in [-0.05, 0) is 29.3 Å². The van der Waals surface area contributed by atoms with Crippen molar-refractivity contribution in [1.29, 1.82) is 0 Å². The van der Waals surface area contributed by atoms with Gasteiger partial charge in [0.25, 0.3) is 0 Å². The van der Waals surface area contributed by atoms with Gasteiger partial charge in [0.1, 0.15) is 0 Å². The SMILES string of the molecule is C=CCNC(=NCc1csc2ccccc12)NCC. The smallest absolute Gasteiger partial charge is 0.191 e. The average Bonchev–Trinajstić information content (AvgIpc) is 2.85. The highest BCUT2D eigenvalue weighted by Crippen LogP contribution is 2.25. The molecule has 0 bridgehead atoms. The van der Waals surface area contributed by atoms with Crippen molar-refractivity contribution >= 4 is 27.4 Å². The number of nitrogens with one attached hydrogen (secondary N) is 2. The predicted molar refractivity (Wildman–Crippen MR) is 84.8 cm³/mol. The van der Waals surface area contributed by atoms with E-state index in [9.17, 15) is 0 Å². The molecule has 0 spiro atoms. The van der Waals surface area contributed by atoms with E-state index in [0.717, 1.165) is 19.0 Å². The van der Waals surface area contributed by atoms with Gasteiger partial charge in [0.15, 0.2) is 5.96 Å². The largest absolute Gasteiger partial charge is 0.357 e. The van der Waals surface area contributed by atoms with E-state index < -0.39 is 0 Å². The number of hydrogen-bond acceptors (Lipinski definition) is 2. The zero-order chi connectivity index (χ0) is 13.5. The Hall–Kier alpha value is -1.81. The highest BCUT2D eigenvalue weighted by Gasteiger charge is 2.03. The Morgan fingerprint density at radius 3 is 3.00 bits per heavy atom. The Labute approximate surface area is 118 Å². The highest BCUT2D eigenvalue weighted by molar-refractivity contribution is 7.17. The molecule has 0 aliphatic heterocycles. The maximum atomic E-state index is 4.60. The van der Waals surface area contributed by atoms with Crippen LogP contribution < -0.4 is 10.6 Å². The van der Waals surface area contributed by atoms with Gasteiger partial charge in [-0.25, -0.2) is 4.99 Å². The Balaban J connectivity index is 2.12. The maximum absolute atomic E-state index is 4.60. The molecule has 2 rings (SSSR count). The highest BCUT2D eigenvalue weighted by atomic mass is 32.1. The fraction of sp³-hybridized carbons (Fsp3) is 0.267. The van der Waals surface area contributed by atoms with E-state index in [-0.39, 0.29) is 0 Å². The number of nitrogens with zero attached hydrogens (tertiary/aromatic N) is 1. The van der Waals surface area contributed by atoms with Crippen molar-refractivity contribution in [1.82, 2.24) is 10.6 Å². The average molecular weight is 273 g/mol. The Bertz CT molecular complexity index is 572. The molecule has 0 aliphatic carbocycles. The Kier molecular flexibility index (Phi) is 4.98. The second-order valence-corrected chi connectivity index (χ2v) is 5.03. The van der Waals surface area contributed by atoms with Gasteiger partial charge < -0.3 is 10.6 Å². The fourth-order valence-electron chi connectivity index (χ4n) is 1.83. The normalized spacial score (nSPS) is 11.5. The van der Waals surface area contributed by atoms with E-state index in [1.807, 2.05) is 6.08 Å². The predicted octanol–water partition coefficient (Wildman–Crippen LogP) is 3.14. The van der Waals surface area contributed by atoms with Gasteiger partial charge in [-0.2, -0.15) is 0 Å². The lowest BCUT2D eigenvalue weighted by Gasteiger charge is -2.09. The van der Waals surface area contributed by atoms with Gasteiger partial charge in [0.2, 0.25) is 0 Å². The van der Waals surface area contributed by atoms with E-state index in [1.54, 1.807) is 11.3 Å². The molecule has 2 aromatic rings. The summed E-state index contributed by atoms with van der Waals surface area (Å²) in [5, 5.41) is 9.91. The first-order valence-corrected chi connectivity index (χ1v) is 7.31. The first kappa shape index (κ1) is 13.6. The summed E-state index contributed by atoms with van der Waals surface area (Å²) in [4.78, 5) is 4.60. The van der Waals surface area contributed by atoms with Crippen molar-refractivity contribution in [2.24, 2.45) is 4.99 Å². The van der Waals surface area contributed by atoms with E-state index >= 15 is 0 Å². The van der Waals surface area contributed by atoms with Gasteiger partial charge in [0, 0.05) is 17.8 Å². The zero-order valence-electron chi connectivity index (χ0n) is 11.1. The maximum Gasteiger partial charge on any atom is 0.191 e. The first-order valence-electron chi connectivity index (χ1n) is 6.43. The van der Waals surface area contributed by atoms with Crippen molar-refractivity contribution < 1.29 is 0 Å². The van der Waals surface area contributed by atoms with Gasteiger partial charge >= 0.3 is 0 Å². The number of benzene rings is 1. The third kappa shape index (κ3) is 3.58. The molecule has 0 fully saturated rings. The first-order chi connectivity index (χ1) is 9.35. The molecular weight excluding hydrogens is 254 g/mol. The molecule has 0 radical (unpaired) electrons. The van der Waals surface area contributed by atoms with Crippen LogP contribution in [0, 0.1) is 0 Å². The lowest BCUT2D eigenvalue weighted by Crippen LogP contribution is -2.37. The second kappa shape index (κ2) is 6.95. The molecule has 1 heterocycles. The number of hydrogen-bond donors (Lipinski definition) is 2. The summed E-state index contributed by atoms with van der Waals surface area (Å²) in [6.07, 6.45) is 1.83. The Morgan fingerprint density at radius 1 is 1.37 bits per heavy atom. The molecule has 0 aliphatic rings. The number of guanidine groups is 1. The summed E-state index contributed by atoms with van der Waals surface area (Å²) in [6.45, 7) is 8.02. The van der Waals surface area contributed by atoms with E-state index in [1.165, 1.54) is 15.6 Å². The summed E-state index contributed by atoms with van der Waals surface area (Å²) < 4.78 is 1.32. The minimum Gasteiger partial charge on any atom is -0.357 e. The van der Waals surface area contributed by atoms with Crippen molar-refractivity contribution in [3.8, 4) is 0 Å². The molecule has 0 unspecified atom stereocenters. The van der Waals surface area contributed by atoms with E-state index in [4.69, 9.17) is 0 Å². The third-order valence-electron chi connectivity index (χ3n) is 2.73. The van der Waals surface area contributed by atoms with E-state index in [2.05, 4.69) is 58.8 Å². The van der Waals surface area contributed by atoms with Crippen LogP contribution in [0.15, 0.2) is 47.3 Å². The van der Waals surface area contributed by atoms with Gasteiger partial charge in [0.05, 0.1) is 6.54 Å². The van der Waals surface area contributed by atoms with Crippen molar-refractivity contribution in [3.05, 3.63) is 47.9 Å². The molecule has 0 saturated carbocycles. The van der Waals surface area contributed by atoms with Crippen LogP contribution in [0.4, 0.5) is 0 Å². The number of fused-ring (bicyclic) bond motifs is 1. The summed E-state index contributed by atoms with van der Waals surface area (Å²) in [6, 6.07) is 8.44. The van der Waals surface area contributed by atoms with Crippen LogP contribution in [-0.2, 0) is 6.54 Å². The van der Waals surface area contributed by atoms with Crippen LogP contribution in [0.25, 0.3) is 10.1 Å². The molecular formula is C15H19N3S. The number of aliphatic imine (C=N–C) groups is 1. The van der Waals surface area contributed by atoms with Crippen LogP contribution in [-0.4, -0.2) is 19.0 Å². The van der Waals surface area contributed by atoms with Gasteiger partial charge in [-0.3, -0.25) is 0 Å². The molecule has 1 aromatic heterocycles. The van der Waals surface area contributed by atoms with Crippen LogP contribution in [0.3, 0.4) is 0 Å². The van der Waals surface area contributed by atoms with E-state index in [0.29, 0.717) is 6.54 Å².